The van der Waals surface area contributed by atoms with Crippen LogP contribution in [0.4, 0.5) is 0 Å². The second kappa shape index (κ2) is 6.68. The molecule has 0 saturated carbocycles. The van der Waals surface area contributed by atoms with Gasteiger partial charge in [-0.15, -0.1) is 0 Å². The molecule has 0 fully saturated rings. The molecular formula is C13H7Br2Cl3O. The van der Waals surface area contributed by atoms with E-state index in [0.29, 0.717) is 31.0 Å². The maximum Gasteiger partial charge on any atom is 0.147 e. The summed E-state index contributed by atoms with van der Waals surface area (Å²) in [5.74, 6) is 0.995. The van der Waals surface area contributed by atoms with E-state index in [0.717, 1.165) is 10.9 Å². The van der Waals surface area contributed by atoms with Crippen molar-refractivity contribution in [3.63, 3.8) is 0 Å². The molecule has 0 aliphatic carbocycles. The van der Waals surface area contributed by atoms with Gasteiger partial charge in [0.25, 0.3) is 0 Å². The average Bonchev–Trinajstić information content (AvgIpc) is 2.38. The summed E-state index contributed by atoms with van der Waals surface area (Å²) in [5, 5.41) is 2.23. The van der Waals surface area contributed by atoms with Crippen LogP contribution in [0.15, 0.2) is 34.8 Å². The van der Waals surface area contributed by atoms with E-state index in [1.54, 1.807) is 18.2 Å². The Bertz CT molecular complexity index is 617. The van der Waals surface area contributed by atoms with Crippen LogP contribution in [0, 0.1) is 0 Å². The highest BCUT2D eigenvalue weighted by Crippen LogP contribution is 2.38. The Labute approximate surface area is 143 Å². The molecule has 19 heavy (non-hydrogen) atoms. The van der Waals surface area contributed by atoms with Gasteiger partial charge in [0.1, 0.15) is 11.5 Å². The molecule has 0 N–H and O–H groups in total. The molecule has 0 bridgehead atoms. The normalized spacial score (nSPS) is 10.6. The standard InChI is InChI=1S/C13H7Br2Cl3O/c14-6-7-1-2-12(10(17)3-7)19-13-5-9(16)8(15)4-11(13)18/h1-5H,6H2. The van der Waals surface area contributed by atoms with Crippen molar-refractivity contribution < 1.29 is 4.74 Å². The number of halogens is 5. The number of alkyl halides is 1. The molecule has 6 heteroatoms. The molecule has 2 aromatic carbocycles. The molecular weight excluding hydrogens is 438 g/mol. The summed E-state index contributed by atoms with van der Waals surface area (Å²) in [4.78, 5) is 0. The quantitative estimate of drug-likeness (QED) is 0.362. The summed E-state index contributed by atoms with van der Waals surface area (Å²) in [6, 6.07) is 8.87. The largest absolute Gasteiger partial charge is 0.454 e. The van der Waals surface area contributed by atoms with Gasteiger partial charge >= 0.3 is 0 Å². The minimum absolute atomic E-state index is 0.455. The molecule has 0 aliphatic heterocycles. The Morgan fingerprint density at radius 1 is 0.895 bits per heavy atom. The van der Waals surface area contributed by atoms with Crippen molar-refractivity contribution in [2.45, 2.75) is 5.33 Å². The summed E-state index contributed by atoms with van der Waals surface area (Å²) in [7, 11) is 0. The van der Waals surface area contributed by atoms with Crippen LogP contribution in [-0.2, 0) is 5.33 Å². The Balaban J connectivity index is 2.33. The third-order valence-electron chi connectivity index (χ3n) is 2.35. The zero-order valence-corrected chi connectivity index (χ0v) is 14.8. The van der Waals surface area contributed by atoms with Gasteiger partial charge in [0.05, 0.1) is 15.1 Å². The molecule has 0 saturated heterocycles. The molecule has 0 unspecified atom stereocenters. The fraction of sp³-hybridized carbons (Fsp3) is 0.0769. The molecule has 100 valence electrons. The monoisotopic (exact) mass is 442 g/mol. The molecule has 0 spiro atoms. The summed E-state index contributed by atoms with van der Waals surface area (Å²) >= 11 is 24.9. The second-order valence-electron chi connectivity index (χ2n) is 3.70. The molecule has 1 nitrogen and oxygen atoms in total. The molecule has 0 aliphatic rings. The van der Waals surface area contributed by atoms with Crippen LogP contribution in [0.3, 0.4) is 0 Å². The average molecular weight is 445 g/mol. The van der Waals surface area contributed by atoms with Gasteiger partial charge in [-0.2, -0.15) is 0 Å². The lowest BCUT2D eigenvalue weighted by molar-refractivity contribution is 0.483. The van der Waals surface area contributed by atoms with Crippen molar-refractivity contribution in [1.29, 1.82) is 0 Å². The Kier molecular flexibility index (Phi) is 5.44. The Morgan fingerprint density at radius 2 is 1.58 bits per heavy atom. The fourth-order valence-electron chi connectivity index (χ4n) is 1.41. The van der Waals surface area contributed by atoms with Gasteiger partial charge in [0.15, 0.2) is 0 Å². The molecule has 0 atom stereocenters. The molecule has 0 heterocycles. The third kappa shape index (κ3) is 3.79. The number of benzene rings is 2. The van der Waals surface area contributed by atoms with Crippen LogP contribution in [0.5, 0.6) is 11.5 Å². The zero-order valence-electron chi connectivity index (χ0n) is 9.39. The van der Waals surface area contributed by atoms with Crippen LogP contribution in [0.1, 0.15) is 5.56 Å². The van der Waals surface area contributed by atoms with Gasteiger partial charge < -0.3 is 4.74 Å². The maximum atomic E-state index is 6.15. The number of hydrogen-bond acceptors (Lipinski definition) is 1. The van der Waals surface area contributed by atoms with Crippen molar-refractivity contribution in [2.75, 3.05) is 0 Å². The van der Waals surface area contributed by atoms with Crippen LogP contribution in [0.25, 0.3) is 0 Å². The first-order valence-corrected chi connectivity index (χ1v) is 8.23. The van der Waals surface area contributed by atoms with Gasteiger partial charge in [-0.3, -0.25) is 0 Å². The minimum atomic E-state index is 0.455. The Hall–Kier alpha value is 0.0700. The number of ether oxygens (including phenoxy) is 1. The number of hydrogen-bond donors (Lipinski definition) is 0. The predicted molar refractivity (Wildman–Crippen MR) is 88.3 cm³/mol. The van der Waals surface area contributed by atoms with E-state index in [-0.39, 0.29) is 0 Å². The fourth-order valence-corrected chi connectivity index (χ4v) is 2.83. The first-order chi connectivity index (χ1) is 9.01. The van der Waals surface area contributed by atoms with E-state index in [1.807, 2.05) is 12.1 Å². The van der Waals surface area contributed by atoms with Crippen molar-refractivity contribution in [3.05, 3.63) is 55.4 Å². The van der Waals surface area contributed by atoms with Crippen LogP contribution in [-0.4, -0.2) is 0 Å². The maximum absolute atomic E-state index is 6.15. The lowest BCUT2D eigenvalue weighted by atomic mass is 10.2. The molecule has 2 aromatic rings. The molecule has 0 aromatic heterocycles. The third-order valence-corrected chi connectivity index (χ3v) is 4.78. The first kappa shape index (κ1) is 15.5. The summed E-state index contributed by atoms with van der Waals surface area (Å²) in [6.45, 7) is 0. The lowest BCUT2D eigenvalue weighted by Gasteiger charge is -2.11. The minimum Gasteiger partial charge on any atom is -0.454 e. The van der Waals surface area contributed by atoms with E-state index < -0.39 is 0 Å². The van der Waals surface area contributed by atoms with Gasteiger partial charge in [-0.05, 0) is 39.7 Å². The lowest BCUT2D eigenvalue weighted by Crippen LogP contribution is -1.88. The highest BCUT2D eigenvalue weighted by molar-refractivity contribution is 9.10. The van der Waals surface area contributed by atoms with Crippen molar-refractivity contribution >= 4 is 66.7 Å². The zero-order chi connectivity index (χ0) is 14.0. The van der Waals surface area contributed by atoms with Gasteiger partial charge in [-0.25, -0.2) is 0 Å². The van der Waals surface area contributed by atoms with E-state index in [9.17, 15) is 0 Å². The van der Waals surface area contributed by atoms with Crippen LogP contribution in [0.2, 0.25) is 15.1 Å². The SMILES string of the molecule is Clc1cc(Oc2ccc(CBr)cc2Cl)c(Cl)cc1Br. The summed E-state index contributed by atoms with van der Waals surface area (Å²) in [5.41, 5.74) is 1.07. The number of rotatable bonds is 3. The van der Waals surface area contributed by atoms with Crippen LogP contribution >= 0.6 is 66.7 Å². The molecule has 2 rings (SSSR count). The smallest absolute Gasteiger partial charge is 0.147 e. The summed E-state index contributed by atoms with van der Waals surface area (Å²) in [6.07, 6.45) is 0. The van der Waals surface area contributed by atoms with E-state index in [1.165, 1.54) is 0 Å². The van der Waals surface area contributed by atoms with Gasteiger partial charge in [0.2, 0.25) is 0 Å². The molecule has 0 amide bonds. The second-order valence-corrected chi connectivity index (χ2v) is 6.33. The van der Waals surface area contributed by atoms with E-state index in [2.05, 4.69) is 31.9 Å². The molecule has 0 radical (unpaired) electrons. The van der Waals surface area contributed by atoms with Crippen molar-refractivity contribution in [2.24, 2.45) is 0 Å². The van der Waals surface area contributed by atoms with Gasteiger partial charge in [0, 0.05) is 15.9 Å². The van der Waals surface area contributed by atoms with Crippen LogP contribution < -0.4 is 4.74 Å². The Morgan fingerprint density at radius 3 is 2.21 bits per heavy atom. The van der Waals surface area contributed by atoms with E-state index >= 15 is 0 Å². The summed E-state index contributed by atoms with van der Waals surface area (Å²) < 4.78 is 6.41. The first-order valence-electron chi connectivity index (χ1n) is 5.18. The van der Waals surface area contributed by atoms with Crippen molar-refractivity contribution in [1.82, 2.24) is 0 Å². The predicted octanol–water partition coefficient (Wildman–Crippen LogP) is 7.10. The highest BCUT2D eigenvalue weighted by Gasteiger charge is 2.10. The van der Waals surface area contributed by atoms with Gasteiger partial charge in [-0.1, -0.05) is 56.8 Å². The topological polar surface area (TPSA) is 9.23 Å². The van der Waals surface area contributed by atoms with Crippen molar-refractivity contribution in [3.8, 4) is 11.5 Å². The highest BCUT2D eigenvalue weighted by atomic mass is 79.9. The van der Waals surface area contributed by atoms with E-state index in [4.69, 9.17) is 39.5 Å².